The molecule has 0 atom stereocenters. The van der Waals surface area contributed by atoms with E-state index in [4.69, 9.17) is 11.6 Å². The highest BCUT2D eigenvalue weighted by atomic mass is 35.5. The minimum absolute atomic E-state index is 0.0178. The molecule has 0 bridgehead atoms. The van der Waals surface area contributed by atoms with Crippen LogP contribution in [0.3, 0.4) is 0 Å². The first-order valence-electron chi connectivity index (χ1n) is 8.64. The number of benzene rings is 2. The van der Waals surface area contributed by atoms with Gasteiger partial charge in [-0.25, -0.2) is 4.98 Å². The Morgan fingerprint density at radius 2 is 1.55 bits per heavy atom. The largest absolute Gasteiger partial charge is 0.354 e. The molecule has 0 spiro atoms. The highest BCUT2D eigenvalue weighted by molar-refractivity contribution is 6.35. The molecule has 9 heteroatoms. The summed E-state index contributed by atoms with van der Waals surface area (Å²) < 4.78 is 0. The molecular weight excluding hydrogens is 394 g/mol. The number of aromatic nitrogens is 2. The zero-order chi connectivity index (χ0) is 21.0. The number of nitrogens with zero attached hydrogens (tertiary/aromatic N) is 1. The molecule has 0 unspecified atom stereocenters. The van der Waals surface area contributed by atoms with Crippen molar-refractivity contribution in [3.8, 4) is 0 Å². The molecule has 3 aromatic rings. The number of rotatable bonds is 5. The standard InChI is InChI=1S/C20H18ClN5O3/c1-11-4-3-5-14(15(11)21)18(27)25-12-6-8-13(9-7-12)26-20(29)17-16(19(28)22-2)23-10-24-17/h3-10H,1-2H3,(H,22,28)(H,23,24)(H,25,27)(H,26,29). The highest BCUT2D eigenvalue weighted by Crippen LogP contribution is 2.22. The lowest BCUT2D eigenvalue weighted by atomic mass is 10.1. The smallest absolute Gasteiger partial charge is 0.276 e. The average Bonchev–Trinajstić information content (AvgIpc) is 3.21. The van der Waals surface area contributed by atoms with Gasteiger partial charge in [-0.2, -0.15) is 0 Å². The molecule has 0 aliphatic carbocycles. The maximum absolute atomic E-state index is 12.4. The van der Waals surface area contributed by atoms with E-state index in [0.29, 0.717) is 22.0 Å². The van der Waals surface area contributed by atoms with Crippen molar-refractivity contribution in [3.63, 3.8) is 0 Å². The molecule has 1 heterocycles. The maximum atomic E-state index is 12.4. The van der Waals surface area contributed by atoms with Gasteiger partial charge in [-0.3, -0.25) is 14.4 Å². The molecular formula is C20H18ClN5O3. The number of anilines is 2. The van der Waals surface area contributed by atoms with Crippen LogP contribution < -0.4 is 16.0 Å². The predicted octanol–water partition coefficient (Wildman–Crippen LogP) is 3.24. The number of aryl methyl sites for hydroxylation is 1. The lowest BCUT2D eigenvalue weighted by molar-refractivity contribution is 0.0943. The van der Waals surface area contributed by atoms with Crippen LogP contribution in [0.25, 0.3) is 0 Å². The van der Waals surface area contributed by atoms with Gasteiger partial charge in [-0.1, -0.05) is 23.7 Å². The number of hydrogen-bond acceptors (Lipinski definition) is 4. The third kappa shape index (κ3) is 4.44. The van der Waals surface area contributed by atoms with E-state index in [1.165, 1.54) is 13.4 Å². The predicted molar refractivity (Wildman–Crippen MR) is 111 cm³/mol. The summed E-state index contributed by atoms with van der Waals surface area (Å²) in [6.45, 7) is 1.82. The number of halogens is 1. The highest BCUT2D eigenvalue weighted by Gasteiger charge is 2.19. The number of nitrogens with one attached hydrogen (secondary N) is 4. The van der Waals surface area contributed by atoms with Crippen LogP contribution in [0.4, 0.5) is 11.4 Å². The van der Waals surface area contributed by atoms with Crippen molar-refractivity contribution < 1.29 is 14.4 Å². The van der Waals surface area contributed by atoms with Gasteiger partial charge in [0.05, 0.1) is 16.9 Å². The normalized spacial score (nSPS) is 10.3. The number of aromatic amines is 1. The molecule has 0 saturated heterocycles. The van der Waals surface area contributed by atoms with Gasteiger partial charge in [0.1, 0.15) is 5.69 Å². The van der Waals surface area contributed by atoms with Gasteiger partial charge in [0.25, 0.3) is 17.7 Å². The van der Waals surface area contributed by atoms with Crippen molar-refractivity contribution >= 4 is 40.7 Å². The Balaban J connectivity index is 1.68. The Labute approximate surface area is 171 Å². The van der Waals surface area contributed by atoms with E-state index in [1.807, 2.05) is 13.0 Å². The molecule has 3 amide bonds. The van der Waals surface area contributed by atoms with Gasteiger partial charge in [-0.15, -0.1) is 0 Å². The lowest BCUT2D eigenvalue weighted by Gasteiger charge is -2.09. The summed E-state index contributed by atoms with van der Waals surface area (Å²) in [6.07, 6.45) is 1.27. The van der Waals surface area contributed by atoms with Crippen LogP contribution in [0, 0.1) is 6.92 Å². The van der Waals surface area contributed by atoms with Gasteiger partial charge >= 0.3 is 0 Å². The van der Waals surface area contributed by atoms with Crippen LogP contribution >= 0.6 is 11.6 Å². The number of carbonyl (C=O) groups excluding carboxylic acids is 3. The van der Waals surface area contributed by atoms with Crippen molar-refractivity contribution in [2.45, 2.75) is 6.92 Å². The molecule has 1 aromatic heterocycles. The molecule has 8 nitrogen and oxygen atoms in total. The van der Waals surface area contributed by atoms with Crippen LogP contribution in [0.15, 0.2) is 48.8 Å². The second-order valence-electron chi connectivity index (χ2n) is 6.13. The summed E-state index contributed by atoms with van der Waals surface area (Å²) in [5.41, 5.74) is 2.26. The molecule has 0 fully saturated rings. The summed E-state index contributed by atoms with van der Waals surface area (Å²) in [7, 11) is 1.46. The summed E-state index contributed by atoms with van der Waals surface area (Å²) in [5.74, 6) is -1.31. The van der Waals surface area contributed by atoms with E-state index in [0.717, 1.165) is 5.56 Å². The Morgan fingerprint density at radius 1 is 0.931 bits per heavy atom. The van der Waals surface area contributed by atoms with E-state index in [1.54, 1.807) is 36.4 Å². The fourth-order valence-corrected chi connectivity index (χ4v) is 2.82. The first-order valence-corrected chi connectivity index (χ1v) is 9.02. The van der Waals surface area contributed by atoms with Gasteiger partial charge in [0.2, 0.25) is 0 Å². The van der Waals surface area contributed by atoms with Crippen LogP contribution in [-0.4, -0.2) is 34.7 Å². The van der Waals surface area contributed by atoms with Crippen molar-refractivity contribution in [1.82, 2.24) is 15.3 Å². The molecule has 0 aliphatic heterocycles. The van der Waals surface area contributed by atoms with E-state index in [-0.39, 0.29) is 17.3 Å². The van der Waals surface area contributed by atoms with Crippen LogP contribution in [-0.2, 0) is 0 Å². The third-order valence-electron chi connectivity index (χ3n) is 4.15. The Hall–Kier alpha value is -3.65. The van der Waals surface area contributed by atoms with Gasteiger partial charge < -0.3 is 20.9 Å². The molecule has 0 radical (unpaired) electrons. The Morgan fingerprint density at radius 3 is 2.17 bits per heavy atom. The zero-order valence-electron chi connectivity index (χ0n) is 15.7. The second kappa shape index (κ2) is 8.57. The summed E-state index contributed by atoms with van der Waals surface area (Å²) >= 11 is 6.19. The van der Waals surface area contributed by atoms with Crippen molar-refractivity contribution in [2.24, 2.45) is 0 Å². The van der Waals surface area contributed by atoms with Crippen LogP contribution in [0.1, 0.15) is 36.9 Å². The van der Waals surface area contributed by atoms with Crippen molar-refractivity contribution in [3.05, 3.63) is 76.3 Å². The molecule has 2 aromatic carbocycles. The maximum Gasteiger partial charge on any atom is 0.276 e. The number of amides is 3. The molecule has 3 rings (SSSR count). The molecule has 29 heavy (non-hydrogen) atoms. The first-order chi connectivity index (χ1) is 13.9. The second-order valence-corrected chi connectivity index (χ2v) is 6.51. The zero-order valence-corrected chi connectivity index (χ0v) is 16.4. The summed E-state index contributed by atoms with van der Waals surface area (Å²) in [4.78, 5) is 43.1. The summed E-state index contributed by atoms with van der Waals surface area (Å²) in [6, 6.07) is 11.8. The van der Waals surface area contributed by atoms with Gasteiger partial charge in [0.15, 0.2) is 5.69 Å². The van der Waals surface area contributed by atoms with Crippen LogP contribution in [0.5, 0.6) is 0 Å². The van der Waals surface area contributed by atoms with E-state index < -0.39 is 11.8 Å². The number of carbonyl (C=O) groups is 3. The number of hydrogen-bond donors (Lipinski definition) is 4. The van der Waals surface area contributed by atoms with E-state index >= 15 is 0 Å². The average molecular weight is 412 g/mol. The molecule has 0 saturated carbocycles. The van der Waals surface area contributed by atoms with Crippen molar-refractivity contribution in [1.29, 1.82) is 0 Å². The number of H-pyrrole nitrogens is 1. The minimum Gasteiger partial charge on any atom is -0.354 e. The third-order valence-corrected chi connectivity index (χ3v) is 4.65. The topological polar surface area (TPSA) is 116 Å². The fourth-order valence-electron chi connectivity index (χ4n) is 2.61. The van der Waals surface area contributed by atoms with Crippen LogP contribution in [0.2, 0.25) is 5.02 Å². The lowest BCUT2D eigenvalue weighted by Crippen LogP contribution is -2.23. The number of imidazole rings is 1. The SMILES string of the molecule is CNC(=O)c1[nH]cnc1C(=O)Nc1ccc(NC(=O)c2cccc(C)c2Cl)cc1. The van der Waals surface area contributed by atoms with Crippen molar-refractivity contribution in [2.75, 3.05) is 17.7 Å². The Bertz CT molecular complexity index is 1080. The molecule has 4 N–H and O–H groups in total. The van der Waals surface area contributed by atoms with E-state index in [2.05, 4.69) is 25.9 Å². The fraction of sp³-hybridized carbons (Fsp3) is 0.100. The monoisotopic (exact) mass is 411 g/mol. The quantitative estimate of drug-likeness (QED) is 0.515. The molecule has 148 valence electrons. The van der Waals surface area contributed by atoms with Gasteiger partial charge in [-0.05, 0) is 42.8 Å². The minimum atomic E-state index is -0.534. The molecule has 0 aliphatic rings. The first kappa shape index (κ1) is 20.1. The van der Waals surface area contributed by atoms with E-state index in [9.17, 15) is 14.4 Å². The summed E-state index contributed by atoms with van der Waals surface area (Å²) in [5, 5.41) is 8.25. The Kier molecular flexibility index (Phi) is 5.94. The van der Waals surface area contributed by atoms with Gasteiger partial charge in [0, 0.05) is 18.4 Å².